The van der Waals surface area contributed by atoms with Gasteiger partial charge < -0.3 is 19.4 Å². The highest BCUT2D eigenvalue weighted by molar-refractivity contribution is 5.83. The van der Waals surface area contributed by atoms with Gasteiger partial charge in [-0.15, -0.1) is 0 Å². The van der Waals surface area contributed by atoms with Crippen LogP contribution in [-0.2, 0) is 11.2 Å². The summed E-state index contributed by atoms with van der Waals surface area (Å²) in [5.74, 6) is 1.46. The Labute approximate surface area is 193 Å². The van der Waals surface area contributed by atoms with Gasteiger partial charge in [0.15, 0.2) is 11.5 Å². The number of carbonyl (C=O) groups is 1. The Bertz CT molecular complexity index is 1310. The summed E-state index contributed by atoms with van der Waals surface area (Å²) in [7, 11) is 3.22. The number of benzene rings is 2. The van der Waals surface area contributed by atoms with Gasteiger partial charge in [0, 0.05) is 23.5 Å². The van der Waals surface area contributed by atoms with Crippen molar-refractivity contribution < 1.29 is 14.3 Å². The summed E-state index contributed by atoms with van der Waals surface area (Å²) >= 11 is 0. The summed E-state index contributed by atoms with van der Waals surface area (Å²) in [6.07, 6.45) is 3.65. The number of ether oxygens (including phenoxy) is 2. The van der Waals surface area contributed by atoms with Crippen LogP contribution in [0.4, 0.5) is 0 Å². The fourth-order valence-corrected chi connectivity index (χ4v) is 5.11. The molecule has 172 valence electrons. The van der Waals surface area contributed by atoms with Crippen LogP contribution in [0.2, 0.25) is 0 Å². The molecule has 0 spiro atoms. The third kappa shape index (κ3) is 3.58. The molecule has 1 aliphatic heterocycles. The molecule has 1 aliphatic carbocycles. The van der Waals surface area contributed by atoms with Gasteiger partial charge in [-0.2, -0.15) is 0 Å². The Balaban J connectivity index is 1.72. The molecule has 2 aliphatic rings. The summed E-state index contributed by atoms with van der Waals surface area (Å²) in [4.78, 5) is 31.9. The van der Waals surface area contributed by atoms with Gasteiger partial charge in [-0.3, -0.25) is 9.59 Å². The highest BCUT2D eigenvalue weighted by atomic mass is 16.5. The van der Waals surface area contributed by atoms with Gasteiger partial charge in [-0.25, -0.2) is 0 Å². The van der Waals surface area contributed by atoms with Crippen LogP contribution in [0, 0.1) is 19.8 Å². The SMILES string of the molecule is COc1cc2c(cc1OC)C(c1cc3cc(C)c(C)cc3[nH]c1=O)N(C(=O)C1CCC1)CC2. The highest BCUT2D eigenvalue weighted by Gasteiger charge is 2.39. The van der Waals surface area contributed by atoms with E-state index in [1.807, 2.05) is 36.1 Å². The second-order valence-corrected chi connectivity index (χ2v) is 9.30. The third-order valence-corrected chi connectivity index (χ3v) is 7.39. The molecule has 5 rings (SSSR count). The fraction of sp³-hybridized carbons (Fsp3) is 0.407. The standard InChI is InChI=1S/C27H30N2O4/c1-15-10-19-12-21(26(30)28-22(19)11-16(15)2)25-20-14-24(33-4)23(32-3)13-18(20)8-9-29(25)27(31)17-6-5-7-17/h10-14,17,25H,5-9H2,1-4H3,(H,28,30). The number of aromatic amines is 1. The molecule has 3 aromatic rings. The zero-order valence-electron chi connectivity index (χ0n) is 19.7. The van der Waals surface area contributed by atoms with E-state index in [0.717, 1.165) is 46.9 Å². The number of methoxy groups -OCH3 is 2. The molecular formula is C27H30N2O4. The van der Waals surface area contributed by atoms with E-state index in [1.54, 1.807) is 14.2 Å². The van der Waals surface area contributed by atoms with E-state index in [1.165, 1.54) is 5.56 Å². The lowest BCUT2D eigenvalue weighted by Gasteiger charge is -2.41. The lowest BCUT2D eigenvalue weighted by molar-refractivity contribution is -0.140. The van der Waals surface area contributed by atoms with Crippen molar-refractivity contribution in [1.82, 2.24) is 9.88 Å². The first kappa shape index (κ1) is 21.6. The van der Waals surface area contributed by atoms with Gasteiger partial charge in [0.05, 0.1) is 20.3 Å². The predicted octanol–water partition coefficient (Wildman–Crippen LogP) is 4.44. The molecule has 2 aromatic carbocycles. The highest BCUT2D eigenvalue weighted by Crippen LogP contribution is 2.42. The molecule has 1 aromatic heterocycles. The lowest BCUT2D eigenvalue weighted by Crippen LogP contribution is -2.46. The Kier molecular flexibility index (Phi) is 5.39. The molecule has 1 N–H and O–H groups in total. The number of amides is 1. The smallest absolute Gasteiger partial charge is 0.254 e. The van der Waals surface area contributed by atoms with Crippen LogP contribution in [0.15, 0.2) is 35.1 Å². The van der Waals surface area contributed by atoms with Crippen LogP contribution in [0.3, 0.4) is 0 Å². The number of hydrogen-bond acceptors (Lipinski definition) is 4. The average molecular weight is 447 g/mol. The number of pyridine rings is 1. The van der Waals surface area contributed by atoms with E-state index in [2.05, 4.69) is 18.0 Å². The van der Waals surface area contributed by atoms with Crippen LogP contribution in [0.1, 0.15) is 53.1 Å². The number of nitrogens with one attached hydrogen (secondary N) is 1. The number of nitrogens with zero attached hydrogens (tertiary/aromatic N) is 1. The molecule has 1 atom stereocenters. The predicted molar refractivity (Wildman–Crippen MR) is 128 cm³/mol. The quantitative estimate of drug-likeness (QED) is 0.643. The maximum Gasteiger partial charge on any atom is 0.254 e. The van der Waals surface area contributed by atoms with E-state index < -0.39 is 6.04 Å². The fourth-order valence-electron chi connectivity index (χ4n) is 5.11. The number of rotatable bonds is 4. The molecule has 1 saturated carbocycles. The normalized spacial score (nSPS) is 18.1. The van der Waals surface area contributed by atoms with E-state index in [4.69, 9.17) is 9.47 Å². The van der Waals surface area contributed by atoms with Crippen LogP contribution in [0.5, 0.6) is 11.5 Å². The topological polar surface area (TPSA) is 71.6 Å². The molecule has 0 radical (unpaired) electrons. The number of fused-ring (bicyclic) bond motifs is 2. The van der Waals surface area contributed by atoms with Gasteiger partial charge in [-0.1, -0.05) is 6.42 Å². The van der Waals surface area contributed by atoms with E-state index in [-0.39, 0.29) is 17.4 Å². The zero-order valence-corrected chi connectivity index (χ0v) is 19.7. The van der Waals surface area contributed by atoms with E-state index >= 15 is 0 Å². The van der Waals surface area contributed by atoms with Crippen molar-refractivity contribution >= 4 is 16.8 Å². The summed E-state index contributed by atoms with van der Waals surface area (Å²) in [6, 6.07) is 9.52. The monoisotopic (exact) mass is 446 g/mol. The average Bonchev–Trinajstić information content (AvgIpc) is 2.77. The first-order valence-corrected chi connectivity index (χ1v) is 11.6. The first-order chi connectivity index (χ1) is 15.9. The second kappa shape index (κ2) is 8.25. The van der Waals surface area contributed by atoms with Crippen molar-refractivity contribution in [2.24, 2.45) is 5.92 Å². The molecular weight excluding hydrogens is 416 g/mol. The molecule has 0 bridgehead atoms. The van der Waals surface area contributed by atoms with Crippen molar-refractivity contribution in [3.8, 4) is 11.5 Å². The summed E-state index contributed by atoms with van der Waals surface area (Å²) < 4.78 is 11.1. The second-order valence-electron chi connectivity index (χ2n) is 9.30. The Morgan fingerprint density at radius 2 is 1.67 bits per heavy atom. The minimum absolute atomic E-state index is 0.0543. The van der Waals surface area contributed by atoms with Crippen LogP contribution in [-0.4, -0.2) is 36.6 Å². The zero-order chi connectivity index (χ0) is 23.3. The largest absolute Gasteiger partial charge is 0.493 e. The van der Waals surface area contributed by atoms with Crippen molar-refractivity contribution in [3.05, 3.63) is 68.5 Å². The minimum Gasteiger partial charge on any atom is -0.493 e. The van der Waals surface area contributed by atoms with Gasteiger partial charge in [0.25, 0.3) is 5.56 Å². The number of H-pyrrole nitrogens is 1. The summed E-state index contributed by atoms with van der Waals surface area (Å²) in [5.41, 5.74) is 5.55. The Morgan fingerprint density at radius 1 is 0.970 bits per heavy atom. The number of carbonyl (C=O) groups excluding carboxylic acids is 1. The van der Waals surface area contributed by atoms with Crippen molar-refractivity contribution in [3.63, 3.8) is 0 Å². The van der Waals surface area contributed by atoms with Crippen LogP contribution in [0.25, 0.3) is 10.9 Å². The van der Waals surface area contributed by atoms with Crippen molar-refractivity contribution in [2.45, 2.75) is 45.6 Å². The molecule has 2 heterocycles. The van der Waals surface area contributed by atoms with E-state index in [0.29, 0.717) is 30.0 Å². The molecule has 1 fully saturated rings. The Morgan fingerprint density at radius 3 is 2.33 bits per heavy atom. The van der Waals surface area contributed by atoms with E-state index in [9.17, 15) is 9.59 Å². The molecule has 1 unspecified atom stereocenters. The molecule has 6 nitrogen and oxygen atoms in total. The maximum absolute atomic E-state index is 13.5. The number of hydrogen-bond donors (Lipinski definition) is 1. The van der Waals surface area contributed by atoms with Gasteiger partial charge >= 0.3 is 0 Å². The lowest BCUT2D eigenvalue weighted by atomic mass is 9.81. The number of aryl methyl sites for hydroxylation is 2. The summed E-state index contributed by atoms with van der Waals surface area (Å²) in [5, 5.41) is 0.969. The van der Waals surface area contributed by atoms with Gasteiger partial charge in [0.1, 0.15) is 0 Å². The number of aromatic nitrogens is 1. The first-order valence-electron chi connectivity index (χ1n) is 11.6. The van der Waals surface area contributed by atoms with Gasteiger partial charge in [0.2, 0.25) is 5.91 Å². The Hall–Kier alpha value is -3.28. The molecule has 33 heavy (non-hydrogen) atoms. The van der Waals surface area contributed by atoms with Crippen LogP contribution < -0.4 is 15.0 Å². The van der Waals surface area contributed by atoms with Crippen molar-refractivity contribution in [2.75, 3.05) is 20.8 Å². The van der Waals surface area contributed by atoms with Crippen LogP contribution >= 0.6 is 0 Å². The van der Waals surface area contributed by atoms with Gasteiger partial charge in [-0.05, 0) is 91.1 Å². The summed E-state index contributed by atoms with van der Waals surface area (Å²) in [6.45, 7) is 4.68. The molecule has 1 amide bonds. The maximum atomic E-state index is 13.5. The molecule has 6 heteroatoms. The molecule has 0 saturated heterocycles. The minimum atomic E-state index is -0.462. The third-order valence-electron chi connectivity index (χ3n) is 7.39. The van der Waals surface area contributed by atoms with Crippen molar-refractivity contribution in [1.29, 1.82) is 0 Å².